The van der Waals surface area contributed by atoms with Gasteiger partial charge < -0.3 is 20.5 Å². The second-order valence-corrected chi connectivity index (χ2v) is 10.3. The fraction of sp³-hybridized carbons (Fsp3) is 0.433. The number of rotatable bonds is 8. The summed E-state index contributed by atoms with van der Waals surface area (Å²) in [5, 5.41) is 15.6. The smallest absolute Gasteiger partial charge is 0.309 e. The van der Waals surface area contributed by atoms with Gasteiger partial charge in [0.2, 0.25) is 11.8 Å². The number of allylic oxidation sites excluding steroid dienone is 2. The SMILES string of the molecule is CC1(C)COC(=O)[C@H](Cc2ccccc2)CC=CC[C@H](CC(=O)N[C@@H](CO)Cc2ccccc2)C(=O)N1. The van der Waals surface area contributed by atoms with Crippen molar-refractivity contribution in [2.24, 2.45) is 11.8 Å². The predicted octanol–water partition coefficient (Wildman–Crippen LogP) is 3.36. The van der Waals surface area contributed by atoms with Crippen LogP contribution in [0.25, 0.3) is 0 Å². The molecule has 37 heavy (non-hydrogen) atoms. The van der Waals surface area contributed by atoms with Crippen LogP contribution in [0.4, 0.5) is 0 Å². The maximum Gasteiger partial charge on any atom is 0.309 e. The minimum absolute atomic E-state index is 0.00915. The summed E-state index contributed by atoms with van der Waals surface area (Å²) in [6, 6.07) is 19.0. The van der Waals surface area contributed by atoms with Crippen LogP contribution in [0.2, 0.25) is 0 Å². The van der Waals surface area contributed by atoms with Gasteiger partial charge in [0.25, 0.3) is 0 Å². The first-order chi connectivity index (χ1) is 17.8. The lowest BCUT2D eigenvalue weighted by atomic mass is 9.93. The molecule has 3 N–H and O–H groups in total. The molecule has 0 fully saturated rings. The van der Waals surface area contributed by atoms with E-state index < -0.39 is 17.5 Å². The molecule has 3 rings (SSSR count). The molecule has 0 aromatic heterocycles. The topological polar surface area (TPSA) is 105 Å². The zero-order valence-electron chi connectivity index (χ0n) is 21.7. The minimum atomic E-state index is -0.789. The third-order valence-corrected chi connectivity index (χ3v) is 6.42. The third kappa shape index (κ3) is 9.50. The van der Waals surface area contributed by atoms with Crippen LogP contribution in [0.1, 0.15) is 44.2 Å². The van der Waals surface area contributed by atoms with Crippen molar-refractivity contribution in [3.63, 3.8) is 0 Å². The van der Waals surface area contributed by atoms with Crippen LogP contribution in [-0.4, -0.2) is 47.7 Å². The van der Waals surface area contributed by atoms with Gasteiger partial charge in [0.1, 0.15) is 6.61 Å². The average molecular weight is 507 g/mol. The van der Waals surface area contributed by atoms with Crippen molar-refractivity contribution in [2.75, 3.05) is 13.2 Å². The van der Waals surface area contributed by atoms with Crippen LogP contribution < -0.4 is 10.6 Å². The highest BCUT2D eigenvalue weighted by Gasteiger charge is 2.30. The van der Waals surface area contributed by atoms with Crippen LogP contribution in [0.3, 0.4) is 0 Å². The van der Waals surface area contributed by atoms with E-state index in [2.05, 4.69) is 10.6 Å². The standard InChI is InChI=1S/C30H38N2O5/c1-30(2)21-37-29(36)25(17-22-11-5-3-6-12-22)16-10-9-15-24(28(35)32-30)19-27(34)31-26(20-33)18-23-13-7-4-8-14-23/h3-14,24-26,33H,15-21H2,1-2H3,(H,31,34)(H,32,35)/t24-,25+,26-/m1/s1. The first kappa shape index (κ1) is 28.1. The van der Waals surface area contributed by atoms with Crippen molar-refractivity contribution in [1.82, 2.24) is 10.6 Å². The highest BCUT2D eigenvalue weighted by atomic mass is 16.5. The number of hydrogen-bond donors (Lipinski definition) is 3. The summed E-state index contributed by atoms with van der Waals surface area (Å²) in [6.07, 6.45) is 5.66. The molecular formula is C30H38N2O5. The van der Waals surface area contributed by atoms with Gasteiger partial charge in [-0.25, -0.2) is 0 Å². The highest BCUT2D eigenvalue weighted by molar-refractivity contribution is 5.86. The van der Waals surface area contributed by atoms with Crippen molar-refractivity contribution in [3.8, 4) is 0 Å². The van der Waals surface area contributed by atoms with Gasteiger partial charge in [-0.3, -0.25) is 14.4 Å². The Balaban J connectivity index is 1.67. The molecule has 0 spiro atoms. The van der Waals surface area contributed by atoms with E-state index in [1.54, 1.807) is 13.8 Å². The number of esters is 1. The van der Waals surface area contributed by atoms with Crippen LogP contribution in [-0.2, 0) is 32.0 Å². The number of ether oxygens (including phenoxy) is 1. The van der Waals surface area contributed by atoms with Gasteiger partial charge in [0.15, 0.2) is 0 Å². The van der Waals surface area contributed by atoms with Gasteiger partial charge in [0, 0.05) is 6.42 Å². The maximum atomic E-state index is 13.1. The lowest BCUT2D eigenvalue weighted by molar-refractivity contribution is -0.151. The quantitative estimate of drug-likeness (QED) is 0.376. The Morgan fingerprint density at radius 3 is 2.22 bits per heavy atom. The molecule has 3 atom stereocenters. The van der Waals surface area contributed by atoms with E-state index in [1.165, 1.54) is 0 Å². The number of hydrogen-bond acceptors (Lipinski definition) is 5. The van der Waals surface area contributed by atoms with E-state index in [-0.39, 0.29) is 43.3 Å². The first-order valence-electron chi connectivity index (χ1n) is 12.9. The van der Waals surface area contributed by atoms with E-state index in [0.29, 0.717) is 25.7 Å². The van der Waals surface area contributed by atoms with Crippen LogP contribution in [0.15, 0.2) is 72.8 Å². The molecule has 2 aromatic carbocycles. The van der Waals surface area contributed by atoms with Crippen molar-refractivity contribution < 1.29 is 24.2 Å². The van der Waals surface area contributed by atoms with E-state index in [0.717, 1.165) is 11.1 Å². The van der Waals surface area contributed by atoms with Gasteiger partial charge in [-0.2, -0.15) is 0 Å². The zero-order valence-corrected chi connectivity index (χ0v) is 21.7. The number of carbonyl (C=O) groups is 3. The summed E-state index contributed by atoms with van der Waals surface area (Å²) >= 11 is 0. The second-order valence-electron chi connectivity index (χ2n) is 10.3. The maximum absolute atomic E-state index is 13.1. The molecule has 1 aliphatic rings. The number of aliphatic hydroxyl groups excluding tert-OH is 1. The summed E-state index contributed by atoms with van der Waals surface area (Å²) < 4.78 is 5.61. The Hall–Kier alpha value is -3.45. The molecule has 1 heterocycles. The van der Waals surface area contributed by atoms with Crippen LogP contribution in [0.5, 0.6) is 0 Å². The molecule has 1 aliphatic heterocycles. The summed E-state index contributed by atoms with van der Waals surface area (Å²) in [5.74, 6) is -1.78. The lowest BCUT2D eigenvalue weighted by Crippen LogP contribution is -2.50. The Bertz CT molecular complexity index is 1050. The van der Waals surface area contributed by atoms with E-state index in [1.807, 2.05) is 72.8 Å². The van der Waals surface area contributed by atoms with Gasteiger partial charge in [-0.1, -0.05) is 72.8 Å². The summed E-state index contributed by atoms with van der Waals surface area (Å²) in [7, 11) is 0. The first-order valence-corrected chi connectivity index (χ1v) is 12.9. The van der Waals surface area contributed by atoms with Crippen molar-refractivity contribution in [3.05, 3.63) is 83.9 Å². The number of benzene rings is 2. The molecule has 0 saturated carbocycles. The molecule has 2 aromatic rings. The zero-order chi connectivity index (χ0) is 26.7. The molecule has 198 valence electrons. The number of aliphatic hydroxyl groups is 1. The van der Waals surface area contributed by atoms with Gasteiger partial charge in [0.05, 0.1) is 30.0 Å². The minimum Gasteiger partial charge on any atom is -0.463 e. The lowest BCUT2D eigenvalue weighted by Gasteiger charge is -2.29. The Kier molecular flexibility index (Phi) is 10.4. The molecule has 0 radical (unpaired) electrons. The van der Waals surface area contributed by atoms with E-state index >= 15 is 0 Å². The highest BCUT2D eigenvalue weighted by Crippen LogP contribution is 2.20. The van der Waals surface area contributed by atoms with E-state index in [9.17, 15) is 19.5 Å². The monoisotopic (exact) mass is 506 g/mol. The molecule has 2 amide bonds. The fourth-order valence-electron chi connectivity index (χ4n) is 4.38. The molecular weight excluding hydrogens is 468 g/mol. The van der Waals surface area contributed by atoms with Gasteiger partial charge >= 0.3 is 5.97 Å². The number of amides is 2. The number of nitrogens with one attached hydrogen (secondary N) is 2. The Labute approximate surface area is 219 Å². The fourth-order valence-corrected chi connectivity index (χ4v) is 4.38. The van der Waals surface area contributed by atoms with Crippen LogP contribution >= 0.6 is 0 Å². The van der Waals surface area contributed by atoms with E-state index in [4.69, 9.17) is 4.74 Å². The molecule has 0 unspecified atom stereocenters. The molecule has 0 saturated heterocycles. The molecule has 7 nitrogen and oxygen atoms in total. The van der Waals surface area contributed by atoms with Crippen molar-refractivity contribution in [1.29, 1.82) is 0 Å². The predicted molar refractivity (Wildman–Crippen MR) is 142 cm³/mol. The second kappa shape index (κ2) is 13.7. The van der Waals surface area contributed by atoms with Crippen molar-refractivity contribution >= 4 is 17.8 Å². The average Bonchev–Trinajstić information content (AvgIpc) is 2.88. The largest absolute Gasteiger partial charge is 0.463 e. The van der Waals surface area contributed by atoms with Crippen molar-refractivity contribution in [2.45, 2.75) is 57.5 Å². The number of cyclic esters (lactones) is 1. The van der Waals surface area contributed by atoms with Gasteiger partial charge in [-0.05, 0) is 50.7 Å². The summed E-state index contributed by atoms with van der Waals surface area (Å²) in [5.41, 5.74) is 1.28. The molecule has 7 heteroatoms. The summed E-state index contributed by atoms with van der Waals surface area (Å²) in [4.78, 5) is 38.8. The normalized spacial score (nSPS) is 21.1. The molecule has 0 bridgehead atoms. The molecule has 0 aliphatic carbocycles. The Morgan fingerprint density at radius 1 is 1.00 bits per heavy atom. The number of carbonyl (C=O) groups excluding carboxylic acids is 3. The Morgan fingerprint density at radius 2 is 1.59 bits per heavy atom. The van der Waals surface area contributed by atoms with Gasteiger partial charge in [-0.15, -0.1) is 0 Å². The third-order valence-electron chi connectivity index (χ3n) is 6.42. The summed E-state index contributed by atoms with van der Waals surface area (Å²) in [6.45, 7) is 3.43. The van der Waals surface area contributed by atoms with Crippen LogP contribution in [0, 0.1) is 11.8 Å².